The molecule has 0 atom stereocenters. The molecule has 0 saturated heterocycles. The summed E-state index contributed by atoms with van der Waals surface area (Å²) in [6.07, 6.45) is 0. The quantitative estimate of drug-likeness (QED) is 0.761. The molecule has 21 heavy (non-hydrogen) atoms. The molecule has 0 N–H and O–H groups in total. The number of nitrogens with zero attached hydrogens (tertiary/aromatic N) is 1. The van der Waals surface area contributed by atoms with Crippen molar-refractivity contribution in [3.8, 4) is 0 Å². The van der Waals surface area contributed by atoms with Crippen molar-refractivity contribution in [2.45, 2.75) is 18.4 Å². The third-order valence-corrected chi connectivity index (χ3v) is 4.54. The van der Waals surface area contributed by atoms with Crippen LogP contribution in [-0.2, 0) is 11.3 Å². The van der Waals surface area contributed by atoms with E-state index in [1.54, 1.807) is 23.7 Å². The Labute approximate surface area is 135 Å². The Balaban J connectivity index is 1.88. The molecule has 0 heterocycles. The van der Waals surface area contributed by atoms with Gasteiger partial charge in [0.05, 0.1) is 5.75 Å². The fourth-order valence-electron chi connectivity index (χ4n) is 1.86. The van der Waals surface area contributed by atoms with E-state index >= 15 is 0 Å². The van der Waals surface area contributed by atoms with Crippen LogP contribution in [0.5, 0.6) is 0 Å². The molecule has 0 aliphatic heterocycles. The van der Waals surface area contributed by atoms with Crippen LogP contribution in [0.3, 0.4) is 0 Å². The molecule has 2 aromatic rings. The molecule has 4 heteroatoms. The number of thioether (sulfide) groups is 1. The maximum absolute atomic E-state index is 12.2. The Hall–Kier alpha value is -1.45. The molecule has 0 bridgehead atoms. The van der Waals surface area contributed by atoms with Gasteiger partial charge < -0.3 is 4.90 Å². The molecule has 0 radical (unpaired) electrons. The summed E-state index contributed by atoms with van der Waals surface area (Å²) in [6.45, 7) is 2.59. The Morgan fingerprint density at radius 1 is 1.14 bits per heavy atom. The predicted octanol–water partition coefficient (Wildman–Crippen LogP) is 4.40. The Morgan fingerprint density at radius 3 is 2.48 bits per heavy atom. The Bertz CT molecular complexity index is 612. The molecule has 0 aromatic heterocycles. The fourth-order valence-corrected chi connectivity index (χ4v) is 2.89. The van der Waals surface area contributed by atoms with Gasteiger partial charge in [0.15, 0.2) is 0 Å². The zero-order chi connectivity index (χ0) is 15.2. The highest BCUT2D eigenvalue weighted by molar-refractivity contribution is 8.00. The number of hydrogen-bond acceptors (Lipinski definition) is 2. The molecular formula is C17H18ClNOS. The number of carbonyl (C=O) groups is 1. The molecule has 1 amide bonds. The van der Waals surface area contributed by atoms with E-state index in [9.17, 15) is 4.79 Å². The minimum Gasteiger partial charge on any atom is -0.341 e. The summed E-state index contributed by atoms with van der Waals surface area (Å²) in [5.74, 6) is 0.532. The van der Waals surface area contributed by atoms with Crippen LogP contribution < -0.4 is 0 Å². The second-order valence-electron chi connectivity index (χ2n) is 4.94. The van der Waals surface area contributed by atoms with E-state index in [4.69, 9.17) is 11.6 Å². The second-order valence-corrected chi connectivity index (χ2v) is 6.40. The minimum atomic E-state index is 0.0977. The number of carbonyl (C=O) groups excluding carboxylic acids is 1. The number of aryl methyl sites for hydroxylation is 1. The summed E-state index contributed by atoms with van der Waals surface area (Å²) in [5, 5.41) is 0.698. The van der Waals surface area contributed by atoms with Gasteiger partial charge in [-0.1, -0.05) is 47.5 Å². The molecule has 2 rings (SSSR count). The third kappa shape index (κ3) is 4.80. The van der Waals surface area contributed by atoms with Crippen LogP contribution in [0.1, 0.15) is 11.1 Å². The summed E-state index contributed by atoms with van der Waals surface area (Å²) in [7, 11) is 1.81. The molecule has 0 aliphatic rings. The molecule has 0 aliphatic carbocycles. The monoisotopic (exact) mass is 319 g/mol. The lowest BCUT2D eigenvalue weighted by molar-refractivity contribution is -0.127. The van der Waals surface area contributed by atoms with Crippen LogP contribution >= 0.6 is 23.4 Å². The Kier molecular flexibility index (Phi) is 5.71. The normalized spacial score (nSPS) is 10.4. The van der Waals surface area contributed by atoms with Crippen LogP contribution in [0.25, 0.3) is 0 Å². The molecule has 0 fully saturated rings. The summed E-state index contributed by atoms with van der Waals surface area (Å²) in [5.41, 5.74) is 2.19. The van der Waals surface area contributed by atoms with Crippen LogP contribution in [-0.4, -0.2) is 23.6 Å². The van der Waals surface area contributed by atoms with Gasteiger partial charge in [0, 0.05) is 23.5 Å². The van der Waals surface area contributed by atoms with Gasteiger partial charge in [0.1, 0.15) is 0 Å². The van der Waals surface area contributed by atoms with Crippen molar-refractivity contribution in [2.24, 2.45) is 0 Å². The first kappa shape index (κ1) is 15.9. The number of benzene rings is 2. The van der Waals surface area contributed by atoms with Gasteiger partial charge in [-0.15, -0.1) is 11.8 Å². The lowest BCUT2D eigenvalue weighted by Crippen LogP contribution is -2.27. The van der Waals surface area contributed by atoms with E-state index in [-0.39, 0.29) is 5.91 Å². The minimum absolute atomic E-state index is 0.0977. The highest BCUT2D eigenvalue weighted by atomic mass is 35.5. The second kappa shape index (κ2) is 7.53. The first-order valence-corrected chi connectivity index (χ1v) is 8.09. The van der Waals surface area contributed by atoms with Gasteiger partial charge in [0.25, 0.3) is 0 Å². The molecule has 2 aromatic carbocycles. The van der Waals surface area contributed by atoms with Crippen LogP contribution in [0.15, 0.2) is 53.4 Å². The zero-order valence-corrected chi connectivity index (χ0v) is 13.7. The maximum atomic E-state index is 12.2. The SMILES string of the molecule is Cc1ccc(SCC(=O)N(C)Cc2ccccc2Cl)cc1. The lowest BCUT2D eigenvalue weighted by atomic mass is 10.2. The van der Waals surface area contributed by atoms with Gasteiger partial charge >= 0.3 is 0 Å². The van der Waals surface area contributed by atoms with Gasteiger partial charge in [-0.05, 0) is 30.7 Å². The summed E-state index contributed by atoms with van der Waals surface area (Å²) in [4.78, 5) is 15.0. The topological polar surface area (TPSA) is 20.3 Å². The zero-order valence-electron chi connectivity index (χ0n) is 12.2. The average molecular weight is 320 g/mol. The van der Waals surface area contributed by atoms with Gasteiger partial charge in [-0.2, -0.15) is 0 Å². The van der Waals surface area contributed by atoms with Crippen molar-refractivity contribution < 1.29 is 4.79 Å². The molecule has 2 nitrogen and oxygen atoms in total. The Morgan fingerprint density at radius 2 is 1.81 bits per heavy atom. The van der Waals surface area contributed by atoms with E-state index in [0.29, 0.717) is 17.3 Å². The molecule has 0 spiro atoms. The standard InChI is InChI=1S/C17H18ClNOS/c1-13-7-9-15(10-8-13)21-12-17(20)19(2)11-14-5-3-4-6-16(14)18/h3-10H,11-12H2,1-2H3. The first-order chi connectivity index (χ1) is 10.1. The van der Waals surface area contributed by atoms with Gasteiger partial charge in [0.2, 0.25) is 5.91 Å². The number of amides is 1. The van der Waals surface area contributed by atoms with Crippen molar-refractivity contribution in [3.05, 3.63) is 64.7 Å². The maximum Gasteiger partial charge on any atom is 0.232 e. The first-order valence-electron chi connectivity index (χ1n) is 6.73. The van der Waals surface area contributed by atoms with Crippen molar-refractivity contribution in [3.63, 3.8) is 0 Å². The largest absolute Gasteiger partial charge is 0.341 e. The number of hydrogen-bond donors (Lipinski definition) is 0. The molecule has 0 unspecified atom stereocenters. The summed E-state index contributed by atoms with van der Waals surface area (Å²) in [6, 6.07) is 15.8. The fraction of sp³-hybridized carbons (Fsp3) is 0.235. The predicted molar refractivity (Wildman–Crippen MR) is 89.8 cm³/mol. The van der Waals surface area contributed by atoms with Crippen molar-refractivity contribution >= 4 is 29.3 Å². The molecular weight excluding hydrogens is 302 g/mol. The van der Waals surface area contributed by atoms with Crippen molar-refractivity contribution in [1.82, 2.24) is 4.90 Å². The van der Waals surface area contributed by atoms with Gasteiger partial charge in [-0.3, -0.25) is 4.79 Å². The van der Waals surface area contributed by atoms with E-state index in [0.717, 1.165) is 10.5 Å². The van der Waals surface area contributed by atoms with E-state index in [1.807, 2.05) is 36.4 Å². The average Bonchev–Trinajstić information content (AvgIpc) is 2.48. The highest BCUT2D eigenvalue weighted by Gasteiger charge is 2.11. The number of halogens is 1. The molecule has 110 valence electrons. The lowest BCUT2D eigenvalue weighted by Gasteiger charge is -2.17. The van der Waals surface area contributed by atoms with Crippen LogP contribution in [0.4, 0.5) is 0 Å². The van der Waals surface area contributed by atoms with Crippen LogP contribution in [0.2, 0.25) is 5.02 Å². The van der Waals surface area contributed by atoms with E-state index in [1.165, 1.54) is 5.56 Å². The van der Waals surface area contributed by atoms with Crippen molar-refractivity contribution in [2.75, 3.05) is 12.8 Å². The van der Waals surface area contributed by atoms with E-state index < -0.39 is 0 Å². The molecule has 0 saturated carbocycles. The van der Waals surface area contributed by atoms with E-state index in [2.05, 4.69) is 19.1 Å². The van der Waals surface area contributed by atoms with Gasteiger partial charge in [-0.25, -0.2) is 0 Å². The van der Waals surface area contributed by atoms with Crippen molar-refractivity contribution in [1.29, 1.82) is 0 Å². The smallest absolute Gasteiger partial charge is 0.232 e. The van der Waals surface area contributed by atoms with Crippen LogP contribution in [0, 0.1) is 6.92 Å². The number of rotatable bonds is 5. The summed E-state index contributed by atoms with van der Waals surface area (Å²) < 4.78 is 0. The highest BCUT2D eigenvalue weighted by Crippen LogP contribution is 2.20. The summed E-state index contributed by atoms with van der Waals surface area (Å²) >= 11 is 7.67. The third-order valence-electron chi connectivity index (χ3n) is 3.17.